The van der Waals surface area contributed by atoms with Gasteiger partial charge in [0.15, 0.2) is 18.4 Å². The van der Waals surface area contributed by atoms with Crippen LogP contribution in [0.5, 0.6) is 0 Å². The highest BCUT2D eigenvalue weighted by Gasteiger charge is 2.25. The third-order valence-electron chi connectivity index (χ3n) is 2.91. The highest BCUT2D eigenvalue weighted by molar-refractivity contribution is 8.77. The highest BCUT2D eigenvalue weighted by Crippen LogP contribution is 2.35. The number of rotatable bonds is 5. The van der Waals surface area contributed by atoms with Gasteiger partial charge in [0.2, 0.25) is 0 Å². The molecule has 3 nitrogen and oxygen atoms in total. The van der Waals surface area contributed by atoms with Gasteiger partial charge in [-0.1, -0.05) is 27.7 Å². The Labute approximate surface area is 116 Å². The molecule has 2 heterocycles. The number of carbonyl (C=O) groups excluding carboxylic acids is 1. The van der Waals surface area contributed by atoms with Crippen LogP contribution in [0.2, 0.25) is 0 Å². The lowest BCUT2D eigenvalue weighted by Gasteiger charge is -2.07. The Morgan fingerprint density at radius 2 is 2.22 bits per heavy atom. The molecule has 0 bridgehead atoms. The molecule has 0 N–H and O–H groups in total. The van der Waals surface area contributed by atoms with Gasteiger partial charge in [-0.05, 0) is 0 Å². The van der Waals surface area contributed by atoms with Crippen molar-refractivity contribution in [3.05, 3.63) is 30.1 Å². The number of ether oxygens (including phenoxy) is 1. The van der Waals surface area contributed by atoms with Crippen molar-refractivity contribution in [2.45, 2.75) is 19.9 Å². The number of pyridine rings is 1. The SMILES string of the molecule is Cc1cccc[n+]1CCCOC(=O)C1CSSC1. The molecule has 1 aromatic heterocycles. The number of hydrogen-bond donors (Lipinski definition) is 0. The zero-order valence-corrected chi connectivity index (χ0v) is 12.1. The highest BCUT2D eigenvalue weighted by atomic mass is 33.1. The fourth-order valence-corrected chi connectivity index (χ4v) is 4.52. The third kappa shape index (κ3) is 3.92. The standard InChI is InChI=1S/C13H18NO2S2/c1-11-5-2-3-6-14(11)7-4-8-16-13(15)12-9-17-18-10-12/h2-3,5-6,12H,4,7-10H2,1H3/q+1. The van der Waals surface area contributed by atoms with E-state index < -0.39 is 0 Å². The molecular weight excluding hydrogens is 266 g/mol. The summed E-state index contributed by atoms with van der Waals surface area (Å²) < 4.78 is 7.48. The quantitative estimate of drug-likeness (QED) is 0.359. The molecule has 0 amide bonds. The van der Waals surface area contributed by atoms with E-state index in [1.165, 1.54) is 5.69 Å². The Balaban J connectivity index is 1.67. The van der Waals surface area contributed by atoms with Crippen molar-refractivity contribution in [1.29, 1.82) is 0 Å². The van der Waals surface area contributed by atoms with E-state index in [0.717, 1.165) is 24.5 Å². The molecule has 0 aromatic carbocycles. The Hall–Kier alpha value is -0.680. The van der Waals surface area contributed by atoms with Gasteiger partial charge >= 0.3 is 5.97 Å². The minimum absolute atomic E-state index is 0.0257. The predicted octanol–water partition coefficient (Wildman–Crippen LogP) is 2.23. The van der Waals surface area contributed by atoms with Gasteiger partial charge < -0.3 is 4.74 Å². The summed E-state index contributed by atoms with van der Waals surface area (Å²) in [6.07, 6.45) is 2.93. The fraction of sp³-hybridized carbons (Fsp3) is 0.538. The van der Waals surface area contributed by atoms with E-state index in [0.29, 0.717) is 6.61 Å². The molecule has 0 radical (unpaired) electrons. The summed E-state index contributed by atoms with van der Waals surface area (Å²) in [5.41, 5.74) is 1.23. The van der Waals surface area contributed by atoms with Crippen molar-refractivity contribution in [2.75, 3.05) is 18.1 Å². The molecule has 0 atom stereocenters. The molecule has 1 aliphatic rings. The Morgan fingerprint density at radius 1 is 1.44 bits per heavy atom. The van der Waals surface area contributed by atoms with Crippen molar-refractivity contribution in [2.24, 2.45) is 5.92 Å². The lowest BCUT2D eigenvalue weighted by atomic mass is 10.2. The van der Waals surface area contributed by atoms with Gasteiger partial charge in [0, 0.05) is 37.0 Å². The zero-order chi connectivity index (χ0) is 12.8. The van der Waals surface area contributed by atoms with Crippen LogP contribution >= 0.6 is 21.6 Å². The predicted molar refractivity (Wildman–Crippen MR) is 75.4 cm³/mol. The monoisotopic (exact) mass is 284 g/mol. The van der Waals surface area contributed by atoms with E-state index in [-0.39, 0.29) is 11.9 Å². The molecule has 2 rings (SSSR count). The molecule has 5 heteroatoms. The van der Waals surface area contributed by atoms with Crippen LogP contribution in [0.1, 0.15) is 12.1 Å². The average molecular weight is 284 g/mol. The van der Waals surface area contributed by atoms with Gasteiger partial charge in [-0.2, -0.15) is 0 Å². The summed E-state index contributed by atoms with van der Waals surface area (Å²) in [6, 6.07) is 6.13. The fourth-order valence-electron chi connectivity index (χ4n) is 1.78. The molecule has 0 unspecified atom stereocenters. The first kappa shape index (κ1) is 13.7. The van der Waals surface area contributed by atoms with Crippen LogP contribution in [0.15, 0.2) is 24.4 Å². The second kappa shape index (κ2) is 7.04. The van der Waals surface area contributed by atoms with Gasteiger partial charge in [-0.3, -0.25) is 4.79 Å². The van der Waals surface area contributed by atoms with E-state index >= 15 is 0 Å². The molecule has 1 fully saturated rings. The first-order valence-electron chi connectivity index (χ1n) is 6.13. The van der Waals surface area contributed by atoms with Gasteiger partial charge in [0.1, 0.15) is 0 Å². The number of esters is 1. The third-order valence-corrected chi connectivity index (χ3v) is 5.47. The minimum atomic E-state index is -0.0257. The summed E-state index contributed by atoms with van der Waals surface area (Å²) in [4.78, 5) is 11.7. The Kier molecular flexibility index (Phi) is 5.38. The number of hydrogen-bond acceptors (Lipinski definition) is 4. The zero-order valence-electron chi connectivity index (χ0n) is 10.5. The molecule has 1 aromatic rings. The van der Waals surface area contributed by atoms with E-state index in [2.05, 4.69) is 23.8 Å². The number of nitrogens with zero attached hydrogens (tertiary/aromatic N) is 1. The van der Waals surface area contributed by atoms with Crippen LogP contribution in [0, 0.1) is 12.8 Å². The maximum absolute atomic E-state index is 11.7. The van der Waals surface area contributed by atoms with E-state index in [4.69, 9.17) is 4.74 Å². The smallest absolute Gasteiger partial charge is 0.310 e. The van der Waals surface area contributed by atoms with Gasteiger partial charge in [-0.15, -0.1) is 0 Å². The normalized spacial score (nSPS) is 15.8. The molecule has 1 aliphatic heterocycles. The second-order valence-corrected chi connectivity index (χ2v) is 6.87. The van der Waals surface area contributed by atoms with Crippen LogP contribution in [0.4, 0.5) is 0 Å². The topological polar surface area (TPSA) is 30.2 Å². The lowest BCUT2D eigenvalue weighted by molar-refractivity contribution is -0.703. The summed E-state index contributed by atoms with van der Waals surface area (Å²) >= 11 is 0. The van der Waals surface area contributed by atoms with Crippen molar-refractivity contribution in [3.8, 4) is 0 Å². The number of aryl methyl sites for hydroxylation is 2. The average Bonchev–Trinajstić information content (AvgIpc) is 2.90. The molecule has 1 saturated heterocycles. The van der Waals surface area contributed by atoms with Crippen molar-refractivity contribution >= 4 is 27.6 Å². The lowest BCUT2D eigenvalue weighted by Crippen LogP contribution is -2.37. The minimum Gasteiger partial charge on any atom is -0.465 e. The van der Waals surface area contributed by atoms with Crippen molar-refractivity contribution in [3.63, 3.8) is 0 Å². The van der Waals surface area contributed by atoms with E-state index in [9.17, 15) is 4.79 Å². The molecule has 98 valence electrons. The maximum Gasteiger partial charge on any atom is 0.310 e. The largest absolute Gasteiger partial charge is 0.465 e. The maximum atomic E-state index is 11.7. The van der Waals surface area contributed by atoms with Gasteiger partial charge in [0.05, 0.1) is 12.5 Å². The van der Waals surface area contributed by atoms with Crippen molar-refractivity contribution < 1.29 is 14.1 Å². The van der Waals surface area contributed by atoms with Gasteiger partial charge in [-0.25, -0.2) is 4.57 Å². The summed E-state index contributed by atoms with van der Waals surface area (Å²) in [6.45, 7) is 3.50. The van der Waals surface area contributed by atoms with Crippen LogP contribution in [-0.2, 0) is 16.1 Å². The molecule has 0 spiro atoms. The molecule has 0 aliphatic carbocycles. The summed E-state index contributed by atoms with van der Waals surface area (Å²) in [5.74, 6) is 1.87. The summed E-state index contributed by atoms with van der Waals surface area (Å²) in [7, 11) is 3.52. The Bertz CT molecular complexity index is 406. The second-order valence-electron chi connectivity index (χ2n) is 4.32. The van der Waals surface area contributed by atoms with Crippen LogP contribution in [0.3, 0.4) is 0 Å². The molecular formula is C13H18NO2S2+. The molecule has 0 saturated carbocycles. The Morgan fingerprint density at radius 3 is 2.94 bits per heavy atom. The van der Waals surface area contributed by atoms with Crippen LogP contribution in [-0.4, -0.2) is 24.1 Å². The van der Waals surface area contributed by atoms with E-state index in [1.54, 1.807) is 21.6 Å². The first-order chi connectivity index (χ1) is 8.77. The van der Waals surface area contributed by atoms with Gasteiger partial charge in [0.25, 0.3) is 0 Å². The molecule has 18 heavy (non-hydrogen) atoms. The van der Waals surface area contributed by atoms with Crippen molar-refractivity contribution in [1.82, 2.24) is 0 Å². The van der Waals surface area contributed by atoms with E-state index in [1.807, 2.05) is 12.1 Å². The van der Waals surface area contributed by atoms with Crippen LogP contribution in [0.25, 0.3) is 0 Å². The first-order valence-corrected chi connectivity index (χ1v) is 8.62. The number of aromatic nitrogens is 1. The summed E-state index contributed by atoms with van der Waals surface area (Å²) in [5, 5.41) is 0. The number of carbonyl (C=O) groups is 1. The van der Waals surface area contributed by atoms with Crippen LogP contribution < -0.4 is 4.57 Å².